The number of amides is 2. The first-order valence-electron chi connectivity index (χ1n) is 7.36. The zero-order valence-corrected chi connectivity index (χ0v) is 13.4. The number of hydrogen-bond donors (Lipinski definition) is 3. The molecule has 0 radical (unpaired) electrons. The van der Waals surface area contributed by atoms with E-state index < -0.39 is 11.7 Å². The zero-order valence-electron chi connectivity index (χ0n) is 13.4. The highest BCUT2D eigenvalue weighted by molar-refractivity contribution is 5.85. The third-order valence-electron chi connectivity index (χ3n) is 2.67. The van der Waals surface area contributed by atoms with E-state index in [1.54, 1.807) is 45.0 Å². The van der Waals surface area contributed by atoms with Crippen LogP contribution in [0.3, 0.4) is 0 Å². The highest BCUT2D eigenvalue weighted by Crippen LogP contribution is 2.13. The minimum Gasteiger partial charge on any atom is -0.444 e. The lowest BCUT2D eigenvalue weighted by atomic mass is 10.1. The number of nitrogens with one attached hydrogen (secondary N) is 2. The molecule has 1 aromatic rings. The summed E-state index contributed by atoms with van der Waals surface area (Å²) in [4.78, 5) is 23.3. The second-order valence-corrected chi connectivity index (χ2v) is 5.99. The third-order valence-corrected chi connectivity index (χ3v) is 2.67. The van der Waals surface area contributed by atoms with Crippen LogP contribution in [0.4, 0.5) is 10.5 Å². The summed E-state index contributed by atoms with van der Waals surface area (Å²) in [6.07, 6.45) is 0.571. The predicted molar refractivity (Wildman–Crippen MR) is 86.7 cm³/mol. The third kappa shape index (κ3) is 7.64. The van der Waals surface area contributed by atoms with Gasteiger partial charge in [-0.2, -0.15) is 0 Å². The number of carbonyl (C=O) groups is 2. The number of rotatable bonds is 6. The van der Waals surface area contributed by atoms with E-state index in [9.17, 15) is 9.59 Å². The molecule has 0 aromatic heterocycles. The lowest BCUT2D eigenvalue weighted by Crippen LogP contribution is -2.27. The highest BCUT2D eigenvalue weighted by atomic mass is 16.6. The lowest BCUT2D eigenvalue weighted by molar-refractivity contribution is -0.120. The van der Waals surface area contributed by atoms with Crippen LogP contribution in [0, 0.1) is 0 Å². The molecule has 0 unspecified atom stereocenters. The van der Waals surface area contributed by atoms with E-state index in [2.05, 4.69) is 10.6 Å². The average molecular weight is 307 g/mol. The molecule has 0 aliphatic carbocycles. The van der Waals surface area contributed by atoms with Gasteiger partial charge in [0.25, 0.3) is 0 Å². The summed E-state index contributed by atoms with van der Waals surface area (Å²) in [6, 6.07) is 7.09. The monoisotopic (exact) mass is 307 g/mol. The average Bonchev–Trinajstić information content (AvgIpc) is 2.39. The second-order valence-electron chi connectivity index (χ2n) is 5.99. The fraction of sp³-hybridized carbons (Fsp3) is 0.500. The lowest BCUT2D eigenvalue weighted by Gasteiger charge is -2.19. The van der Waals surface area contributed by atoms with Gasteiger partial charge < -0.3 is 15.8 Å². The first-order valence-corrected chi connectivity index (χ1v) is 7.36. The molecule has 2 amide bonds. The van der Waals surface area contributed by atoms with Crippen LogP contribution in [0.5, 0.6) is 0 Å². The topological polar surface area (TPSA) is 93.4 Å². The standard InChI is InChI=1S/C16H25N3O3/c1-16(2,3)22-15(21)19-13-7-5-12(6-8-13)11-14(20)18-10-4-9-17/h5-8H,4,9-11,17H2,1-3H3,(H,18,20)(H,19,21). The number of benzene rings is 1. The highest BCUT2D eigenvalue weighted by Gasteiger charge is 2.16. The van der Waals surface area contributed by atoms with Gasteiger partial charge >= 0.3 is 6.09 Å². The maximum atomic E-state index is 11.7. The summed E-state index contributed by atoms with van der Waals surface area (Å²) in [6.45, 7) is 6.57. The molecule has 0 atom stereocenters. The minimum atomic E-state index is -0.536. The molecule has 22 heavy (non-hydrogen) atoms. The Kier molecular flexibility index (Phi) is 6.85. The summed E-state index contributed by atoms with van der Waals surface area (Å²) in [7, 11) is 0. The van der Waals surface area contributed by atoms with Crippen LogP contribution < -0.4 is 16.4 Å². The Hall–Kier alpha value is -2.08. The number of carbonyl (C=O) groups excluding carboxylic acids is 2. The number of nitrogens with two attached hydrogens (primary N) is 1. The van der Waals surface area contributed by atoms with Crippen molar-refractivity contribution < 1.29 is 14.3 Å². The van der Waals surface area contributed by atoms with Crippen molar-refractivity contribution in [3.8, 4) is 0 Å². The van der Waals surface area contributed by atoms with Crippen molar-refractivity contribution in [2.24, 2.45) is 5.73 Å². The minimum absolute atomic E-state index is 0.0405. The normalized spacial score (nSPS) is 10.9. The maximum Gasteiger partial charge on any atom is 0.412 e. The van der Waals surface area contributed by atoms with Gasteiger partial charge in [-0.1, -0.05) is 12.1 Å². The number of ether oxygens (including phenoxy) is 1. The molecular weight excluding hydrogens is 282 g/mol. The van der Waals surface area contributed by atoms with Gasteiger partial charge in [-0.05, 0) is 51.4 Å². The Balaban J connectivity index is 2.46. The molecule has 0 aliphatic rings. The van der Waals surface area contributed by atoms with E-state index in [0.717, 1.165) is 12.0 Å². The molecule has 6 heteroatoms. The van der Waals surface area contributed by atoms with E-state index in [0.29, 0.717) is 25.2 Å². The molecule has 1 aromatic carbocycles. The molecule has 0 bridgehead atoms. The van der Waals surface area contributed by atoms with Crippen LogP contribution in [0.2, 0.25) is 0 Å². The van der Waals surface area contributed by atoms with E-state index in [1.807, 2.05) is 0 Å². The van der Waals surface area contributed by atoms with Crippen molar-refractivity contribution in [2.45, 2.75) is 39.2 Å². The van der Waals surface area contributed by atoms with Crippen LogP contribution in [0.25, 0.3) is 0 Å². The van der Waals surface area contributed by atoms with Crippen LogP contribution >= 0.6 is 0 Å². The van der Waals surface area contributed by atoms with E-state index in [4.69, 9.17) is 10.5 Å². The van der Waals surface area contributed by atoms with Crippen molar-refractivity contribution in [3.63, 3.8) is 0 Å². The van der Waals surface area contributed by atoms with Gasteiger partial charge in [0.05, 0.1) is 6.42 Å². The Morgan fingerprint density at radius 1 is 1.18 bits per heavy atom. The molecule has 0 fully saturated rings. The Morgan fingerprint density at radius 3 is 2.36 bits per heavy atom. The van der Waals surface area contributed by atoms with Crippen LogP contribution in [-0.2, 0) is 16.0 Å². The van der Waals surface area contributed by atoms with Crippen molar-refractivity contribution in [3.05, 3.63) is 29.8 Å². The molecule has 4 N–H and O–H groups in total. The Bertz CT molecular complexity index is 492. The first kappa shape index (κ1) is 18.0. The molecular formula is C16H25N3O3. The van der Waals surface area contributed by atoms with Crippen LogP contribution in [0.15, 0.2) is 24.3 Å². The molecule has 0 saturated carbocycles. The molecule has 0 aliphatic heterocycles. The number of anilines is 1. The largest absolute Gasteiger partial charge is 0.444 e. The van der Waals surface area contributed by atoms with Gasteiger partial charge in [-0.3, -0.25) is 10.1 Å². The molecule has 0 saturated heterocycles. The van der Waals surface area contributed by atoms with Crippen LogP contribution in [0.1, 0.15) is 32.8 Å². The zero-order chi connectivity index (χ0) is 16.6. The van der Waals surface area contributed by atoms with E-state index in [-0.39, 0.29) is 5.91 Å². The molecule has 0 heterocycles. The maximum absolute atomic E-state index is 11.7. The van der Waals surface area contributed by atoms with E-state index in [1.165, 1.54) is 0 Å². The van der Waals surface area contributed by atoms with Crippen LogP contribution in [-0.4, -0.2) is 30.7 Å². The van der Waals surface area contributed by atoms with Gasteiger partial charge in [-0.15, -0.1) is 0 Å². The van der Waals surface area contributed by atoms with Gasteiger partial charge in [0.15, 0.2) is 0 Å². The van der Waals surface area contributed by atoms with Gasteiger partial charge in [0, 0.05) is 12.2 Å². The molecule has 6 nitrogen and oxygen atoms in total. The SMILES string of the molecule is CC(C)(C)OC(=O)Nc1ccc(CC(=O)NCCCN)cc1. The first-order chi connectivity index (χ1) is 10.3. The summed E-state index contributed by atoms with van der Waals surface area (Å²) in [5.41, 5.74) is 6.33. The summed E-state index contributed by atoms with van der Waals surface area (Å²) < 4.78 is 5.17. The van der Waals surface area contributed by atoms with Crippen molar-refractivity contribution >= 4 is 17.7 Å². The predicted octanol–water partition coefficient (Wildman–Crippen LogP) is 2.04. The van der Waals surface area contributed by atoms with Gasteiger partial charge in [-0.25, -0.2) is 4.79 Å². The van der Waals surface area contributed by atoms with E-state index >= 15 is 0 Å². The fourth-order valence-electron chi connectivity index (χ4n) is 1.71. The summed E-state index contributed by atoms with van der Waals surface area (Å²) in [5, 5.41) is 5.44. The van der Waals surface area contributed by atoms with Crippen molar-refractivity contribution in [2.75, 3.05) is 18.4 Å². The van der Waals surface area contributed by atoms with Crippen molar-refractivity contribution in [1.82, 2.24) is 5.32 Å². The molecule has 0 spiro atoms. The fourth-order valence-corrected chi connectivity index (χ4v) is 1.71. The molecule has 122 valence electrons. The number of hydrogen-bond acceptors (Lipinski definition) is 4. The Morgan fingerprint density at radius 2 is 1.82 bits per heavy atom. The smallest absolute Gasteiger partial charge is 0.412 e. The second kappa shape index (κ2) is 8.38. The molecule has 1 rings (SSSR count). The van der Waals surface area contributed by atoms with Gasteiger partial charge in [0.1, 0.15) is 5.60 Å². The van der Waals surface area contributed by atoms with Crippen molar-refractivity contribution in [1.29, 1.82) is 0 Å². The van der Waals surface area contributed by atoms with Gasteiger partial charge in [0.2, 0.25) is 5.91 Å². The summed E-state index contributed by atoms with van der Waals surface area (Å²) in [5.74, 6) is -0.0405. The Labute approximate surface area is 131 Å². The summed E-state index contributed by atoms with van der Waals surface area (Å²) >= 11 is 0. The quantitative estimate of drug-likeness (QED) is 0.701.